The van der Waals surface area contributed by atoms with Crippen LogP contribution in [0.15, 0.2) is 21.2 Å². The van der Waals surface area contributed by atoms with Gasteiger partial charge in [0, 0.05) is 0 Å². The summed E-state index contributed by atoms with van der Waals surface area (Å²) in [5, 5.41) is 0. The number of hydrogen-bond donors (Lipinski definition) is 0. The molecule has 0 saturated heterocycles. The predicted octanol–water partition coefficient (Wildman–Crippen LogP) is 3.18. The standard InChI is InChI=1S/C10H15.Cr/c1-7-6-10(4,5)9(3)8(7)2;/h1-5H3;. The molecule has 0 nitrogen and oxygen atoms in total. The van der Waals surface area contributed by atoms with Crippen molar-refractivity contribution in [3.05, 3.63) is 21.2 Å². The second-order valence-corrected chi connectivity index (χ2v) is 4.47. The molecule has 0 spiro atoms. The third kappa shape index (κ3) is 1.11. The summed E-state index contributed by atoms with van der Waals surface area (Å²) in [4.78, 5) is 0. The average Bonchev–Trinajstić information content (AvgIpc) is 2.06. The molecule has 0 aromatic rings. The Labute approximate surface area is 77.8 Å². The van der Waals surface area contributed by atoms with E-state index in [-0.39, 0.29) is 5.41 Å². The second kappa shape index (κ2) is 2.51. The number of hydrogen-bond acceptors (Lipinski definition) is 0. The van der Waals surface area contributed by atoms with Crippen LogP contribution in [0.5, 0.6) is 0 Å². The van der Waals surface area contributed by atoms with E-state index in [9.17, 15) is 0 Å². The third-order valence-corrected chi connectivity index (χ3v) is 4.25. The molecule has 1 aliphatic carbocycles. The van der Waals surface area contributed by atoms with Gasteiger partial charge in [-0.1, -0.05) is 0 Å². The van der Waals surface area contributed by atoms with Crippen LogP contribution in [0.4, 0.5) is 0 Å². The molecule has 0 saturated carbocycles. The van der Waals surface area contributed by atoms with Crippen molar-refractivity contribution < 1.29 is 16.3 Å². The maximum atomic E-state index is 3.18. The first-order chi connectivity index (χ1) is 4.89. The van der Waals surface area contributed by atoms with Crippen molar-refractivity contribution in [3.63, 3.8) is 0 Å². The predicted molar refractivity (Wildman–Crippen MR) is 44.9 cm³/mol. The van der Waals surface area contributed by atoms with Crippen LogP contribution in [0, 0.1) is 5.41 Å². The molecule has 0 aromatic heterocycles. The van der Waals surface area contributed by atoms with Crippen molar-refractivity contribution >= 4 is 0 Å². The van der Waals surface area contributed by atoms with Crippen molar-refractivity contribution in [3.8, 4) is 0 Å². The van der Waals surface area contributed by atoms with E-state index in [1.54, 1.807) is 0 Å². The van der Waals surface area contributed by atoms with Gasteiger partial charge in [0.1, 0.15) is 0 Å². The Morgan fingerprint density at radius 3 is 1.55 bits per heavy atom. The molecule has 0 amide bonds. The van der Waals surface area contributed by atoms with Crippen molar-refractivity contribution in [1.82, 2.24) is 0 Å². The molecule has 0 atom stereocenters. The van der Waals surface area contributed by atoms with E-state index in [1.807, 2.05) is 0 Å². The van der Waals surface area contributed by atoms with Gasteiger partial charge in [-0.15, -0.1) is 0 Å². The summed E-state index contributed by atoms with van der Waals surface area (Å²) in [6, 6.07) is 0. The Hall–Kier alpha value is 0.0125. The van der Waals surface area contributed by atoms with Gasteiger partial charge in [-0.05, 0) is 0 Å². The zero-order chi connectivity index (χ0) is 8.81. The molecule has 1 rings (SSSR count). The Morgan fingerprint density at radius 1 is 1.00 bits per heavy atom. The van der Waals surface area contributed by atoms with Crippen LogP contribution in [0.25, 0.3) is 0 Å². The summed E-state index contributed by atoms with van der Waals surface area (Å²) >= 11 is 3.18. The number of rotatable bonds is 0. The first-order valence-corrected chi connectivity index (χ1v) is 4.59. The molecule has 0 radical (unpaired) electrons. The van der Waals surface area contributed by atoms with Gasteiger partial charge in [-0.25, -0.2) is 0 Å². The molecule has 1 heteroatoms. The molecular weight excluding hydrogens is 172 g/mol. The van der Waals surface area contributed by atoms with Crippen LogP contribution in [-0.2, 0) is 16.3 Å². The van der Waals surface area contributed by atoms with Gasteiger partial charge in [-0.3, -0.25) is 0 Å². The SMILES string of the molecule is CC1=C(C)C(C)(C)[C]([Cr])=C1C. The van der Waals surface area contributed by atoms with E-state index in [4.69, 9.17) is 0 Å². The van der Waals surface area contributed by atoms with E-state index in [1.165, 1.54) is 21.2 Å². The van der Waals surface area contributed by atoms with Crippen LogP contribution >= 0.6 is 0 Å². The fourth-order valence-corrected chi connectivity index (χ4v) is 2.04. The topological polar surface area (TPSA) is 0 Å². The second-order valence-electron chi connectivity index (χ2n) is 3.83. The summed E-state index contributed by atoms with van der Waals surface area (Å²) in [7, 11) is 0. The first-order valence-electron chi connectivity index (χ1n) is 3.95. The molecule has 0 heterocycles. The van der Waals surface area contributed by atoms with Crippen LogP contribution in [0.1, 0.15) is 34.6 Å². The Bertz CT molecular complexity index is 228. The monoisotopic (exact) mass is 187 g/mol. The summed E-state index contributed by atoms with van der Waals surface area (Å²) < 4.78 is 1.41. The van der Waals surface area contributed by atoms with Crippen molar-refractivity contribution in [2.45, 2.75) is 34.6 Å². The molecule has 0 unspecified atom stereocenters. The van der Waals surface area contributed by atoms with Gasteiger partial charge in [0.15, 0.2) is 0 Å². The van der Waals surface area contributed by atoms with Gasteiger partial charge in [0.25, 0.3) is 0 Å². The van der Waals surface area contributed by atoms with Gasteiger partial charge >= 0.3 is 77.5 Å². The minimum atomic E-state index is 0.258. The zero-order valence-electron chi connectivity index (χ0n) is 7.91. The molecule has 0 fully saturated rings. The Morgan fingerprint density at radius 2 is 1.45 bits per heavy atom. The average molecular weight is 187 g/mol. The Kier molecular flexibility index (Phi) is 2.07. The van der Waals surface area contributed by atoms with Gasteiger partial charge in [-0.2, -0.15) is 0 Å². The molecule has 0 bridgehead atoms. The van der Waals surface area contributed by atoms with Gasteiger partial charge in [0.2, 0.25) is 0 Å². The van der Waals surface area contributed by atoms with Crippen molar-refractivity contribution in [2.75, 3.05) is 0 Å². The van der Waals surface area contributed by atoms with Crippen molar-refractivity contribution in [1.29, 1.82) is 0 Å². The summed E-state index contributed by atoms with van der Waals surface area (Å²) in [6.07, 6.45) is 0. The van der Waals surface area contributed by atoms with Gasteiger partial charge in [0.05, 0.1) is 0 Å². The fourth-order valence-electron chi connectivity index (χ4n) is 1.56. The van der Waals surface area contributed by atoms with E-state index in [0.29, 0.717) is 0 Å². The molecule has 0 N–H and O–H groups in total. The van der Waals surface area contributed by atoms with E-state index in [2.05, 4.69) is 50.9 Å². The fraction of sp³-hybridized carbons (Fsp3) is 0.600. The molecular formula is C10H15Cr. The van der Waals surface area contributed by atoms with Crippen LogP contribution < -0.4 is 0 Å². The van der Waals surface area contributed by atoms with E-state index in [0.717, 1.165) is 0 Å². The maximum absolute atomic E-state index is 3.18. The third-order valence-electron chi connectivity index (χ3n) is 2.97. The van der Waals surface area contributed by atoms with Crippen LogP contribution in [0.2, 0.25) is 0 Å². The van der Waals surface area contributed by atoms with Crippen LogP contribution in [-0.4, -0.2) is 0 Å². The molecule has 61 valence electrons. The molecule has 1 aliphatic rings. The molecule has 11 heavy (non-hydrogen) atoms. The van der Waals surface area contributed by atoms with Crippen molar-refractivity contribution in [2.24, 2.45) is 5.41 Å². The number of allylic oxidation sites excluding steroid dienone is 4. The summed E-state index contributed by atoms with van der Waals surface area (Å²) in [6.45, 7) is 11.2. The summed E-state index contributed by atoms with van der Waals surface area (Å²) in [5.41, 5.74) is 4.66. The first kappa shape index (κ1) is 9.10. The normalized spacial score (nSPS) is 23.4. The van der Waals surface area contributed by atoms with E-state index < -0.39 is 0 Å². The zero-order valence-corrected chi connectivity index (χ0v) is 9.18. The quantitative estimate of drug-likeness (QED) is 0.546. The van der Waals surface area contributed by atoms with Crippen LogP contribution in [0.3, 0.4) is 0 Å². The molecule has 0 aromatic carbocycles. The minimum absolute atomic E-state index is 0.258. The van der Waals surface area contributed by atoms with Gasteiger partial charge < -0.3 is 0 Å². The van der Waals surface area contributed by atoms with E-state index >= 15 is 0 Å². The summed E-state index contributed by atoms with van der Waals surface area (Å²) in [5.74, 6) is 0. The Balaban J connectivity index is 3.27. The molecule has 0 aliphatic heterocycles.